The lowest BCUT2D eigenvalue weighted by Gasteiger charge is -2.20. The van der Waals surface area contributed by atoms with Crippen molar-refractivity contribution in [3.8, 4) is 11.5 Å². The molecule has 0 aromatic heterocycles. The summed E-state index contributed by atoms with van der Waals surface area (Å²) in [5, 5.41) is 6.20. The summed E-state index contributed by atoms with van der Waals surface area (Å²) >= 11 is 6.27. The Bertz CT molecular complexity index is 1100. The van der Waals surface area contributed by atoms with E-state index in [4.69, 9.17) is 21.1 Å². The maximum absolute atomic E-state index is 12.7. The number of halogens is 1. The molecule has 158 valence electrons. The first-order chi connectivity index (χ1) is 15.1. The Morgan fingerprint density at radius 2 is 1.65 bits per heavy atom. The molecule has 0 unspecified atom stereocenters. The van der Waals surface area contributed by atoms with Crippen molar-refractivity contribution in [3.63, 3.8) is 0 Å². The van der Waals surface area contributed by atoms with Crippen LogP contribution in [0.3, 0.4) is 0 Å². The molecule has 7 heteroatoms. The molecule has 1 heterocycles. The van der Waals surface area contributed by atoms with Crippen LogP contribution in [-0.4, -0.2) is 31.6 Å². The van der Waals surface area contributed by atoms with Crippen molar-refractivity contribution < 1.29 is 19.1 Å². The van der Waals surface area contributed by atoms with Gasteiger partial charge in [0.2, 0.25) is 0 Å². The van der Waals surface area contributed by atoms with E-state index in [2.05, 4.69) is 10.6 Å². The normalized spacial score (nSPS) is 12.2. The van der Waals surface area contributed by atoms with E-state index in [0.717, 1.165) is 5.56 Å². The fraction of sp³-hybridized carbons (Fsp3) is 0.167. The van der Waals surface area contributed by atoms with Crippen LogP contribution < -0.4 is 20.1 Å². The number of hydrogen-bond donors (Lipinski definition) is 2. The van der Waals surface area contributed by atoms with Crippen LogP contribution in [0.15, 0.2) is 66.7 Å². The maximum Gasteiger partial charge on any atom is 0.255 e. The lowest BCUT2D eigenvalue weighted by molar-refractivity contribution is 0.0955. The summed E-state index contributed by atoms with van der Waals surface area (Å²) in [4.78, 5) is 25.2. The third-order valence-corrected chi connectivity index (χ3v) is 5.09. The van der Waals surface area contributed by atoms with Crippen LogP contribution in [0.1, 0.15) is 26.3 Å². The van der Waals surface area contributed by atoms with E-state index in [0.29, 0.717) is 59.5 Å². The summed E-state index contributed by atoms with van der Waals surface area (Å²) in [6, 6.07) is 19.5. The van der Waals surface area contributed by atoms with Crippen LogP contribution in [0.25, 0.3) is 0 Å². The number of hydrogen-bond acceptors (Lipinski definition) is 4. The first-order valence-electron chi connectivity index (χ1n) is 9.93. The Kier molecular flexibility index (Phi) is 6.38. The number of para-hydroxylation sites is 1. The maximum atomic E-state index is 12.7. The molecule has 0 spiro atoms. The summed E-state index contributed by atoms with van der Waals surface area (Å²) in [6.45, 7) is 1.35. The molecule has 0 atom stereocenters. The molecule has 0 saturated carbocycles. The molecular formula is C24H21ClN2O4. The standard InChI is InChI=1S/C24H21ClN2O4/c25-19-14-16(15-21-22(19)31-13-12-30-21)10-11-26-24(29)18-8-4-5-9-20(18)27-23(28)17-6-2-1-3-7-17/h1-9,14-15H,10-13H2,(H,26,29)(H,27,28). The van der Waals surface area contributed by atoms with Crippen molar-refractivity contribution in [2.45, 2.75) is 6.42 Å². The number of ether oxygens (including phenoxy) is 2. The summed E-state index contributed by atoms with van der Waals surface area (Å²) in [5.41, 5.74) is 2.30. The zero-order chi connectivity index (χ0) is 21.6. The van der Waals surface area contributed by atoms with Gasteiger partial charge in [0.25, 0.3) is 11.8 Å². The second kappa shape index (κ2) is 9.53. The smallest absolute Gasteiger partial charge is 0.255 e. The van der Waals surface area contributed by atoms with Gasteiger partial charge in [0.1, 0.15) is 13.2 Å². The van der Waals surface area contributed by atoms with E-state index in [1.165, 1.54) is 0 Å². The second-order valence-corrected chi connectivity index (χ2v) is 7.38. The van der Waals surface area contributed by atoms with Gasteiger partial charge in [-0.1, -0.05) is 41.9 Å². The van der Waals surface area contributed by atoms with Crippen molar-refractivity contribution in [3.05, 3.63) is 88.4 Å². The quantitative estimate of drug-likeness (QED) is 0.602. The van der Waals surface area contributed by atoms with Gasteiger partial charge in [-0.25, -0.2) is 0 Å². The molecule has 2 amide bonds. The van der Waals surface area contributed by atoms with Gasteiger partial charge in [-0.2, -0.15) is 0 Å². The molecule has 0 radical (unpaired) electrons. The third-order valence-electron chi connectivity index (χ3n) is 4.81. The second-order valence-electron chi connectivity index (χ2n) is 6.97. The van der Waals surface area contributed by atoms with E-state index in [1.807, 2.05) is 18.2 Å². The lowest BCUT2D eigenvalue weighted by Crippen LogP contribution is -2.27. The highest BCUT2D eigenvalue weighted by Gasteiger charge is 2.17. The molecule has 0 fully saturated rings. The van der Waals surface area contributed by atoms with Crippen LogP contribution >= 0.6 is 11.6 Å². The molecule has 3 aromatic carbocycles. The summed E-state index contributed by atoms with van der Waals surface area (Å²) in [6.07, 6.45) is 0.570. The largest absolute Gasteiger partial charge is 0.486 e. The molecule has 0 saturated heterocycles. The van der Waals surface area contributed by atoms with Crippen molar-refractivity contribution in [2.24, 2.45) is 0 Å². The summed E-state index contributed by atoms with van der Waals surface area (Å²) in [5.74, 6) is 0.636. The average molecular weight is 437 g/mol. The Morgan fingerprint density at radius 3 is 2.48 bits per heavy atom. The van der Waals surface area contributed by atoms with E-state index in [-0.39, 0.29) is 11.8 Å². The average Bonchev–Trinajstić information content (AvgIpc) is 2.80. The van der Waals surface area contributed by atoms with Crippen LogP contribution in [-0.2, 0) is 6.42 Å². The number of carbonyl (C=O) groups is 2. The highest BCUT2D eigenvalue weighted by atomic mass is 35.5. The van der Waals surface area contributed by atoms with Gasteiger partial charge >= 0.3 is 0 Å². The van der Waals surface area contributed by atoms with Crippen LogP contribution in [0.2, 0.25) is 5.02 Å². The number of anilines is 1. The topological polar surface area (TPSA) is 76.7 Å². The molecule has 31 heavy (non-hydrogen) atoms. The van der Waals surface area contributed by atoms with Gasteiger partial charge in [0.05, 0.1) is 16.3 Å². The predicted molar refractivity (Wildman–Crippen MR) is 119 cm³/mol. The number of benzene rings is 3. The number of carbonyl (C=O) groups excluding carboxylic acids is 2. The molecule has 3 aromatic rings. The number of nitrogens with one attached hydrogen (secondary N) is 2. The van der Waals surface area contributed by atoms with Crippen molar-refractivity contribution in [1.82, 2.24) is 5.32 Å². The van der Waals surface area contributed by atoms with Crippen LogP contribution in [0, 0.1) is 0 Å². The molecule has 6 nitrogen and oxygen atoms in total. The van der Waals surface area contributed by atoms with Crippen LogP contribution in [0.5, 0.6) is 11.5 Å². The molecule has 1 aliphatic rings. The van der Waals surface area contributed by atoms with Gasteiger partial charge < -0.3 is 20.1 Å². The minimum atomic E-state index is -0.272. The Morgan fingerprint density at radius 1 is 0.903 bits per heavy atom. The van der Waals surface area contributed by atoms with E-state index in [9.17, 15) is 9.59 Å². The van der Waals surface area contributed by atoms with Crippen LogP contribution in [0.4, 0.5) is 5.69 Å². The number of fused-ring (bicyclic) bond motifs is 1. The monoisotopic (exact) mass is 436 g/mol. The minimum Gasteiger partial charge on any atom is -0.486 e. The molecule has 0 aliphatic carbocycles. The van der Waals surface area contributed by atoms with Gasteiger partial charge in [0, 0.05) is 12.1 Å². The van der Waals surface area contributed by atoms with E-state index < -0.39 is 0 Å². The SMILES string of the molecule is O=C(Nc1ccccc1C(=O)NCCc1cc(Cl)c2c(c1)OCCO2)c1ccccc1. The Balaban J connectivity index is 1.39. The highest BCUT2D eigenvalue weighted by molar-refractivity contribution is 6.32. The molecule has 1 aliphatic heterocycles. The predicted octanol–water partition coefficient (Wildman–Crippen LogP) is 4.34. The van der Waals surface area contributed by atoms with Crippen molar-refractivity contribution in [2.75, 3.05) is 25.1 Å². The summed E-state index contributed by atoms with van der Waals surface area (Å²) in [7, 11) is 0. The zero-order valence-corrected chi connectivity index (χ0v) is 17.4. The number of rotatable bonds is 6. The summed E-state index contributed by atoms with van der Waals surface area (Å²) < 4.78 is 11.1. The Hall–Kier alpha value is -3.51. The minimum absolute atomic E-state index is 0.271. The molecular weight excluding hydrogens is 416 g/mol. The fourth-order valence-electron chi connectivity index (χ4n) is 3.30. The van der Waals surface area contributed by atoms with E-state index in [1.54, 1.807) is 48.5 Å². The first-order valence-corrected chi connectivity index (χ1v) is 10.3. The van der Waals surface area contributed by atoms with Gasteiger partial charge in [-0.15, -0.1) is 0 Å². The van der Waals surface area contributed by atoms with Crippen molar-refractivity contribution in [1.29, 1.82) is 0 Å². The fourth-order valence-corrected chi connectivity index (χ4v) is 3.59. The lowest BCUT2D eigenvalue weighted by atomic mass is 10.1. The zero-order valence-electron chi connectivity index (χ0n) is 16.7. The highest BCUT2D eigenvalue weighted by Crippen LogP contribution is 2.38. The van der Waals surface area contributed by atoms with Gasteiger partial charge in [-0.3, -0.25) is 9.59 Å². The molecule has 4 rings (SSSR count). The van der Waals surface area contributed by atoms with Crippen molar-refractivity contribution >= 4 is 29.1 Å². The third kappa shape index (κ3) is 4.98. The van der Waals surface area contributed by atoms with Gasteiger partial charge in [-0.05, 0) is 48.4 Å². The number of amides is 2. The van der Waals surface area contributed by atoms with Gasteiger partial charge in [0.15, 0.2) is 11.5 Å². The Labute approximate surface area is 185 Å². The first kappa shape index (κ1) is 20.8. The molecule has 0 bridgehead atoms. The van der Waals surface area contributed by atoms with E-state index >= 15 is 0 Å². The molecule has 2 N–H and O–H groups in total.